The lowest BCUT2D eigenvalue weighted by Crippen LogP contribution is -2.27. The topological polar surface area (TPSA) is 55.5 Å². The Morgan fingerprint density at radius 3 is 2.24 bits per heavy atom. The summed E-state index contributed by atoms with van der Waals surface area (Å²) in [5.41, 5.74) is 1.29. The first-order valence-electron chi connectivity index (χ1n) is 7.61. The predicted molar refractivity (Wildman–Crippen MR) is 77.9 cm³/mol. The molecule has 2 heterocycles. The molecule has 116 valence electrons. The lowest BCUT2D eigenvalue weighted by atomic mass is 10.2. The van der Waals surface area contributed by atoms with E-state index in [1.807, 2.05) is 6.07 Å². The van der Waals surface area contributed by atoms with Crippen LogP contribution in [0.3, 0.4) is 0 Å². The van der Waals surface area contributed by atoms with E-state index < -0.39 is 0 Å². The van der Waals surface area contributed by atoms with Crippen LogP contribution >= 0.6 is 0 Å². The molecule has 0 aliphatic carbocycles. The van der Waals surface area contributed by atoms with Crippen molar-refractivity contribution in [1.29, 1.82) is 0 Å². The molecule has 0 spiro atoms. The van der Waals surface area contributed by atoms with E-state index in [4.69, 9.17) is 18.9 Å². The van der Waals surface area contributed by atoms with Crippen LogP contribution in [0.2, 0.25) is 0 Å². The van der Waals surface area contributed by atoms with E-state index in [-0.39, 0.29) is 18.5 Å². The molecule has 0 saturated carbocycles. The van der Waals surface area contributed by atoms with E-state index in [1.54, 1.807) is 0 Å². The summed E-state index contributed by atoms with van der Waals surface area (Å²) in [5, 5.41) is 3.42. The van der Waals surface area contributed by atoms with E-state index in [0.29, 0.717) is 13.2 Å². The first-order valence-corrected chi connectivity index (χ1v) is 7.61. The molecule has 1 aromatic rings. The third-order valence-electron chi connectivity index (χ3n) is 3.47. The van der Waals surface area contributed by atoms with Gasteiger partial charge in [0.25, 0.3) is 0 Å². The number of hydrogen-bond acceptors (Lipinski definition) is 5. The van der Waals surface area contributed by atoms with Gasteiger partial charge >= 0.3 is 0 Å². The number of ether oxygens (including phenoxy) is 4. The van der Waals surface area contributed by atoms with Gasteiger partial charge in [0.15, 0.2) is 6.29 Å². The molecule has 0 amide bonds. The Morgan fingerprint density at radius 1 is 1.05 bits per heavy atom. The first-order chi connectivity index (χ1) is 10.4. The highest BCUT2D eigenvalue weighted by atomic mass is 16.7. The lowest BCUT2D eigenvalue weighted by Gasteiger charge is -2.18. The Balaban J connectivity index is 1.31. The molecule has 0 aromatic heterocycles. The Kier molecular flexibility index (Phi) is 5.60. The summed E-state index contributed by atoms with van der Waals surface area (Å²) < 4.78 is 21.8. The molecular formula is C16H23NO4. The van der Waals surface area contributed by atoms with Gasteiger partial charge in [-0.2, -0.15) is 0 Å². The van der Waals surface area contributed by atoms with Gasteiger partial charge in [-0.05, 0) is 5.56 Å². The molecule has 5 nitrogen and oxygen atoms in total. The minimum absolute atomic E-state index is 0.179. The average molecular weight is 293 g/mol. The van der Waals surface area contributed by atoms with E-state index >= 15 is 0 Å². The summed E-state index contributed by atoms with van der Waals surface area (Å²) >= 11 is 0. The summed E-state index contributed by atoms with van der Waals surface area (Å²) in [4.78, 5) is 0. The number of benzene rings is 1. The van der Waals surface area contributed by atoms with Crippen LogP contribution in [0.1, 0.15) is 12.0 Å². The van der Waals surface area contributed by atoms with Crippen molar-refractivity contribution in [1.82, 2.24) is 5.32 Å². The predicted octanol–water partition coefficient (Wildman–Crippen LogP) is 1.32. The third kappa shape index (κ3) is 6.11. The highest BCUT2D eigenvalue weighted by Gasteiger charge is 2.27. The second-order valence-corrected chi connectivity index (χ2v) is 5.46. The van der Waals surface area contributed by atoms with Crippen LogP contribution in [0, 0.1) is 0 Å². The van der Waals surface area contributed by atoms with Gasteiger partial charge in [0, 0.05) is 19.5 Å². The van der Waals surface area contributed by atoms with Crippen molar-refractivity contribution in [3.05, 3.63) is 35.9 Å². The Bertz CT molecular complexity index is 390. The zero-order valence-corrected chi connectivity index (χ0v) is 12.2. The lowest BCUT2D eigenvalue weighted by molar-refractivity contribution is -0.150. The molecule has 2 saturated heterocycles. The zero-order valence-electron chi connectivity index (χ0n) is 12.2. The van der Waals surface area contributed by atoms with Gasteiger partial charge in [0.2, 0.25) is 0 Å². The molecule has 21 heavy (non-hydrogen) atoms. The summed E-state index contributed by atoms with van der Waals surface area (Å²) in [6, 6.07) is 10.4. The fraction of sp³-hybridized carbons (Fsp3) is 0.625. The second kappa shape index (κ2) is 7.87. The van der Waals surface area contributed by atoms with Gasteiger partial charge in [-0.3, -0.25) is 0 Å². The van der Waals surface area contributed by atoms with Crippen molar-refractivity contribution in [2.45, 2.75) is 31.5 Å². The zero-order chi connectivity index (χ0) is 14.3. The number of hydrogen-bond donors (Lipinski definition) is 1. The van der Waals surface area contributed by atoms with Gasteiger partial charge in [-0.1, -0.05) is 30.3 Å². The van der Waals surface area contributed by atoms with E-state index in [9.17, 15) is 0 Å². The quantitative estimate of drug-likeness (QED) is 0.379. The van der Waals surface area contributed by atoms with Gasteiger partial charge in [-0.25, -0.2) is 0 Å². The van der Waals surface area contributed by atoms with Gasteiger partial charge in [0.1, 0.15) is 12.2 Å². The van der Waals surface area contributed by atoms with E-state index in [0.717, 1.165) is 32.7 Å². The molecule has 1 N–H and O–H groups in total. The van der Waals surface area contributed by atoms with Crippen LogP contribution in [-0.4, -0.2) is 51.5 Å². The maximum atomic E-state index is 5.75. The Morgan fingerprint density at radius 2 is 1.67 bits per heavy atom. The molecule has 0 bridgehead atoms. The van der Waals surface area contributed by atoms with Crippen molar-refractivity contribution in [2.24, 2.45) is 0 Å². The molecule has 5 heteroatoms. The minimum atomic E-state index is -0.179. The SMILES string of the molecule is c1ccc(CNCCC(OCC2CO2)OCC2CO2)cc1. The number of rotatable bonds is 11. The summed E-state index contributed by atoms with van der Waals surface area (Å²) in [5.74, 6) is 0. The first kappa shape index (κ1) is 14.9. The second-order valence-electron chi connectivity index (χ2n) is 5.46. The highest BCUT2D eigenvalue weighted by Crippen LogP contribution is 2.14. The number of nitrogens with one attached hydrogen (secondary N) is 1. The van der Waals surface area contributed by atoms with Crippen LogP contribution < -0.4 is 5.32 Å². The van der Waals surface area contributed by atoms with Crippen molar-refractivity contribution in [3.8, 4) is 0 Å². The third-order valence-corrected chi connectivity index (χ3v) is 3.47. The van der Waals surface area contributed by atoms with Gasteiger partial charge < -0.3 is 24.3 Å². The van der Waals surface area contributed by atoms with Gasteiger partial charge in [-0.15, -0.1) is 0 Å². The fourth-order valence-corrected chi connectivity index (χ4v) is 2.02. The van der Waals surface area contributed by atoms with Crippen LogP contribution in [0.4, 0.5) is 0 Å². The maximum absolute atomic E-state index is 5.75. The molecule has 2 unspecified atom stereocenters. The molecule has 3 rings (SSSR count). The molecule has 2 atom stereocenters. The van der Waals surface area contributed by atoms with Crippen LogP contribution in [0.25, 0.3) is 0 Å². The van der Waals surface area contributed by atoms with Crippen LogP contribution in [0.5, 0.6) is 0 Å². The van der Waals surface area contributed by atoms with Crippen molar-refractivity contribution in [2.75, 3.05) is 33.0 Å². The number of epoxide rings is 2. The molecule has 1 aromatic carbocycles. The summed E-state index contributed by atoms with van der Waals surface area (Å²) in [6.45, 7) is 4.58. The van der Waals surface area contributed by atoms with Crippen molar-refractivity contribution in [3.63, 3.8) is 0 Å². The summed E-state index contributed by atoms with van der Waals surface area (Å²) in [6.07, 6.45) is 1.18. The van der Waals surface area contributed by atoms with E-state index in [1.165, 1.54) is 5.56 Å². The van der Waals surface area contributed by atoms with Crippen molar-refractivity contribution >= 4 is 0 Å². The summed E-state index contributed by atoms with van der Waals surface area (Å²) in [7, 11) is 0. The molecular weight excluding hydrogens is 270 g/mol. The molecule has 2 aliphatic heterocycles. The Hall–Kier alpha value is -0.980. The highest BCUT2D eigenvalue weighted by molar-refractivity contribution is 5.14. The van der Waals surface area contributed by atoms with Crippen LogP contribution in [-0.2, 0) is 25.5 Å². The normalized spacial score (nSPS) is 24.8. The fourth-order valence-electron chi connectivity index (χ4n) is 2.02. The average Bonchev–Trinajstić information content (AvgIpc) is 3.40. The molecule has 2 fully saturated rings. The molecule has 0 radical (unpaired) electrons. The maximum Gasteiger partial charge on any atom is 0.159 e. The van der Waals surface area contributed by atoms with Crippen molar-refractivity contribution < 1.29 is 18.9 Å². The van der Waals surface area contributed by atoms with Gasteiger partial charge in [0.05, 0.1) is 26.4 Å². The van der Waals surface area contributed by atoms with E-state index in [2.05, 4.69) is 29.6 Å². The van der Waals surface area contributed by atoms with Crippen LogP contribution in [0.15, 0.2) is 30.3 Å². The largest absolute Gasteiger partial charge is 0.371 e. The smallest absolute Gasteiger partial charge is 0.159 e. The standard InChI is InChI=1S/C16H23NO4/c1-2-4-13(5-3-1)8-17-7-6-16(20-11-14-9-18-14)21-12-15-10-19-15/h1-5,14-17H,6-12H2. The monoisotopic (exact) mass is 293 g/mol. The minimum Gasteiger partial charge on any atom is -0.371 e. The Labute approximate surface area is 125 Å². The molecule has 2 aliphatic rings.